The van der Waals surface area contributed by atoms with Gasteiger partial charge in [0.1, 0.15) is 5.54 Å². The molecule has 0 spiro atoms. The maximum Gasteiger partial charge on any atom is 0.108 e. The van der Waals surface area contributed by atoms with Crippen LogP contribution in [0.15, 0.2) is 24.8 Å². The van der Waals surface area contributed by atoms with Crippen molar-refractivity contribution in [2.45, 2.75) is 44.6 Å². The van der Waals surface area contributed by atoms with Gasteiger partial charge in [0.2, 0.25) is 0 Å². The second-order valence-electron chi connectivity index (χ2n) is 5.92. The van der Waals surface area contributed by atoms with E-state index in [0.29, 0.717) is 0 Å². The second-order valence-corrected chi connectivity index (χ2v) is 5.92. The third-order valence-electron chi connectivity index (χ3n) is 3.46. The van der Waals surface area contributed by atoms with Crippen molar-refractivity contribution in [3.05, 3.63) is 36.2 Å². The lowest BCUT2D eigenvalue weighted by atomic mass is 9.93. The summed E-state index contributed by atoms with van der Waals surface area (Å²) in [5, 5.41) is 8.58. The Hall–Kier alpha value is -1.78. The van der Waals surface area contributed by atoms with Crippen molar-refractivity contribution >= 4 is 0 Å². The summed E-state index contributed by atoms with van der Waals surface area (Å²) in [5.41, 5.74) is 1.91. The lowest BCUT2D eigenvalue weighted by Crippen LogP contribution is -2.21. The fraction of sp³-hybridized carbons (Fsp3) is 0.538. The fourth-order valence-electron chi connectivity index (χ4n) is 2.08. The molecule has 2 aromatic heterocycles. The third kappa shape index (κ3) is 1.70. The van der Waals surface area contributed by atoms with E-state index >= 15 is 0 Å². The van der Waals surface area contributed by atoms with Gasteiger partial charge in [0.25, 0.3) is 0 Å². The average Bonchev–Trinajstić information content (AvgIpc) is 2.99. The molecule has 3 rings (SSSR count). The van der Waals surface area contributed by atoms with E-state index in [1.54, 1.807) is 12.4 Å². The second kappa shape index (κ2) is 3.60. The first-order chi connectivity index (χ1) is 8.52. The van der Waals surface area contributed by atoms with Crippen LogP contribution in [0, 0.1) is 0 Å². The number of nitrogens with zero attached hydrogens (tertiary/aromatic N) is 5. The summed E-state index contributed by atoms with van der Waals surface area (Å²) < 4.78 is 1.96. The molecule has 0 aliphatic heterocycles. The van der Waals surface area contributed by atoms with E-state index in [1.807, 2.05) is 17.1 Å². The first-order valence-corrected chi connectivity index (χ1v) is 6.22. The van der Waals surface area contributed by atoms with Crippen LogP contribution in [0.1, 0.15) is 45.0 Å². The minimum atomic E-state index is -0.106. The highest BCUT2D eigenvalue weighted by molar-refractivity contribution is 5.23. The van der Waals surface area contributed by atoms with Crippen LogP contribution >= 0.6 is 0 Å². The predicted octanol–water partition coefficient (Wildman–Crippen LogP) is 1.90. The van der Waals surface area contributed by atoms with E-state index in [1.165, 1.54) is 0 Å². The molecule has 0 atom stereocenters. The summed E-state index contributed by atoms with van der Waals surface area (Å²) in [4.78, 5) is 8.56. The molecule has 2 heterocycles. The smallest absolute Gasteiger partial charge is 0.108 e. The predicted molar refractivity (Wildman–Crippen MR) is 67.1 cm³/mol. The monoisotopic (exact) mass is 243 g/mol. The van der Waals surface area contributed by atoms with E-state index < -0.39 is 0 Å². The van der Waals surface area contributed by atoms with Gasteiger partial charge in [-0.05, 0) is 12.8 Å². The van der Waals surface area contributed by atoms with Crippen molar-refractivity contribution in [2.24, 2.45) is 0 Å². The van der Waals surface area contributed by atoms with Crippen LogP contribution in [0.5, 0.6) is 0 Å². The van der Waals surface area contributed by atoms with Crippen LogP contribution < -0.4 is 0 Å². The maximum atomic E-state index is 4.41. The van der Waals surface area contributed by atoms with Crippen LogP contribution in [0.3, 0.4) is 0 Å². The minimum Gasteiger partial charge on any atom is -0.261 e. The van der Waals surface area contributed by atoms with Gasteiger partial charge in [-0.3, -0.25) is 9.97 Å². The molecule has 0 unspecified atom stereocenters. The molecule has 1 aliphatic rings. The van der Waals surface area contributed by atoms with Crippen molar-refractivity contribution in [3.63, 3.8) is 0 Å². The number of hydrogen-bond donors (Lipinski definition) is 0. The molecule has 0 saturated heterocycles. The van der Waals surface area contributed by atoms with Gasteiger partial charge in [-0.15, -0.1) is 5.10 Å². The Morgan fingerprint density at radius 1 is 1.22 bits per heavy atom. The lowest BCUT2D eigenvalue weighted by molar-refractivity contribution is 0.477. The van der Waals surface area contributed by atoms with Gasteiger partial charge in [0.05, 0.1) is 23.8 Å². The molecule has 0 radical (unpaired) electrons. The zero-order chi connectivity index (χ0) is 12.8. The van der Waals surface area contributed by atoms with Crippen molar-refractivity contribution < 1.29 is 0 Å². The van der Waals surface area contributed by atoms with E-state index in [-0.39, 0.29) is 11.0 Å². The standard InChI is InChI=1S/C13H17N5/c1-12(2,3)11-9-18(17-16-11)13(4-5-13)10-8-14-6-7-15-10/h6-9H,4-5H2,1-3H3. The van der Waals surface area contributed by atoms with E-state index in [9.17, 15) is 0 Å². The fourth-order valence-corrected chi connectivity index (χ4v) is 2.08. The molecule has 94 valence electrons. The van der Waals surface area contributed by atoms with Gasteiger partial charge < -0.3 is 0 Å². The topological polar surface area (TPSA) is 56.5 Å². The van der Waals surface area contributed by atoms with Crippen LogP contribution in [-0.4, -0.2) is 25.0 Å². The Kier molecular flexibility index (Phi) is 2.27. The summed E-state index contributed by atoms with van der Waals surface area (Å²) >= 11 is 0. The van der Waals surface area contributed by atoms with Gasteiger partial charge in [0.15, 0.2) is 0 Å². The first kappa shape index (κ1) is 11.3. The van der Waals surface area contributed by atoms with Crippen LogP contribution in [-0.2, 0) is 11.0 Å². The van der Waals surface area contributed by atoms with Crippen molar-refractivity contribution in [3.8, 4) is 0 Å². The summed E-state index contributed by atoms with van der Waals surface area (Å²) in [6, 6.07) is 0. The van der Waals surface area contributed by atoms with E-state index in [0.717, 1.165) is 24.2 Å². The molecular formula is C13H17N5. The van der Waals surface area contributed by atoms with Gasteiger partial charge in [-0.25, -0.2) is 4.68 Å². The Morgan fingerprint density at radius 2 is 2.00 bits per heavy atom. The minimum absolute atomic E-state index is 0.0245. The molecule has 18 heavy (non-hydrogen) atoms. The Labute approximate surface area is 106 Å². The normalized spacial score (nSPS) is 17.7. The third-order valence-corrected chi connectivity index (χ3v) is 3.46. The summed E-state index contributed by atoms with van der Waals surface area (Å²) in [6.07, 6.45) is 9.41. The zero-order valence-corrected chi connectivity index (χ0v) is 11.0. The molecule has 1 aliphatic carbocycles. The highest BCUT2D eigenvalue weighted by Gasteiger charge is 2.49. The quantitative estimate of drug-likeness (QED) is 0.808. The van der Waals surface area contributed by atoms with Gasteiger partial charge in [0, 0.05) is 17.8 Å². The van der Waals surface area contributed by atoms with Crippen molar-refractivity contribution in [2.75, 3.05) is 0 Å². The molecule has 0 aromatic carbocycles. The molecule has 0 N–H and O–H groups in total. The highest BCUT2D eigenvalue weighted by atomic mass is 15.5. The van der Waals surface area contributed by atoms with Crippen molar-refractivity contribution in [1.29, 1.82) is 0 Å². The van der Waals surface area contributed by atoms with Gasteiger partial charge >= 0.3 is 0 Å². The summed E-state index contributed by atoms with van der Waals surface area (Å²) in [7, 11) is 0. The average molecular weight is 243 g/mol. The molecule has 5 heteroatoms. The Bertz CT molecular complexity index is 548. The summed E-state index contributed by atoms with van der Waals surface area (Å²) in [6.45, 7) is 6.43. The number of aromatic nitrogens is 5. The number of hydrogen-bond acceptors (Lipinski definition) is 4. The molecule has 0 bridgehead atoms. The molecule has 0 amide bonds. The first-order valence-electron chi connectivity index (χ1n) is 6.22. The van der Waals surface area contributed by atoms with Crippen LogP contribution in [0.4, 0.5) is 0 Å². The van der Waals surface area contributed by atoms with E-state index in [4.69, 9.17) is 0 Å². The maximum absolute atomic E-state index is 4.41. The van der Waals surface area contributed by atoms with E-state index in [2.05, 4.69) is 41.1 Å². The zero-order valence-electron chi connectivity index (χ0n) is 11.0. The largest absolute Gasteiger partial charge is 0.261 e. The lowest BCUT2D eigenvalue weighted by Gasteiger charge is -2.15. The van der Waals surface area contributed by atoms with Crippen LogP contribution in [0.2, 0.25) is 0 Å². The highest BCUT2D eigenvalue weighted by Crippen LogP contribution is 2.47. The molecule has 2 aromatic rings. The Morgan fingerprint density at radius 3 is 2.50 bits per heavy atom. The SMILES string of the molecule is CC(C)(C)c1cn(C2(c3cnccn3)CC2)nn1. The van der Waals surface area contributed by atoms with Crippen LogP contribution in [0.25, 0.3) is 0 Å². The molecule has 1 fully saturated rings. The Balaban J connectivity index is 1.99. The number of rotatable bonds is 2. The van der Waals surface area contributed by atoms with Gasteiger partial charge in [-0.1, -0.05) is 26.0 Å². The van der Waals surface area contributed by atoms with Crippen molar-refractivity contribution in [1.82, 2.24) is 25.0 Å². The molecular weight excluding hydrogens is 226 g/mol. The molecule has 1 saturated carbocycles. The summed E-state index contributed by atoms with van der Waals surface area (Å²) in [5.74, 6) is 0. The van der Waals surface area contributed by atoms with Gasteiger partial charge in [-0.2, -0.15) is 0 Å². The molecule has 5 nitrogen and oxygen atoms in total.